The summed E-state index contributed by atoms with van der Waals surface area (Å²) in [7, 11) is 2.95. The maximum absolute atomic E-state index is 12.2. The second kappa shape index (κ2) is 7.59. The van der Waals surface area contributed by atoms with Gasteiger partial charge in [0.2, 0.25) is 0 Å². The summed E-state index contributed by atoms with van der Waals surface area (Å²) in [6.45, 7) is 0. The fraction of sp³-hybridized carbons (Fsp3) is 0.294. The lowest BCUT2D eigenvalue weighted by atomic mass is 10.1. The molecule has 1 heterocycles. The summed E-state index contributed by atoms with van der Waals surface area (Å²) in [4.78, 5) is 13.4. The van der Waals surface area contributed by atoms with Gasteiger partial charge < -0.3 is 20.1 Å². The molecule has 25 heavy (non-hydrogen) atoms. The first kappa shape index (κ1) is 18.0. The number of anilines is 2. The molecule has 0 aliphatic heterocycles. The van der Waals surface area contributed by atoms with Gasteiger partial charge in [-0.05, 0) is 55.2 Å². The van der Waals surface area contributed by atoms with E-state index in [0.717, 1.165) is 30.5 Å². The van der Waals surface area contributed by atoms with E-state index in [1.165, 1.54) is 12.0 Å². The van der Waals surface area contributed by atoms with E-state index in [1.54, 1.807) is 30.6 Å². The highest BCUT2D eigenvalue weighted by Crippen LogP contribution is 2.39. The molecule has 3 rings (SSSR count). The lowest BCUT2D eigenvalue weighted by molar-refractivity contribution is 0.0601. The highest BCUT2D eigenvalue weighted by Gasteiger charge is 2.27. The topological polar surface area (TPSA) is 59.6 Å². The second-order valence-electron chi connectivity index (χ2n) is 5.48. The van der Waals surface area contributed by atoms with Gasteiger partial charge in [-0.25, -0.2) is 4.79 Å². The van der Waals surface area contributed by atoms with Crippen molar-refractivity contribution in [1.29, 1.82) is 0 Å². The molecule has 2 N–H and O–H groups in total. The van der Waals surface area contributed by atoms with Crippen LogP contribution in [0, 0.1) is 0 Å². The molecule has 0 fully saturated rings. The van der Waals surface area contributed by atoms with Crippen molar-refractivity contribution in [3.63, 3.8) is 0 Å². The standard InChI is InChI=1S/C17H17ClN2O3S2/c1-22-12-7-6-9(8-11(12)18)19-17(24)20-15-14(16(21)23-2)10-4-3-5-13(10)25-15/h6-8H,3-5H2,1-2H3,(H2,19,20,24). The maximum Gasteiger partial charge on any atom is 0.341 e. The Morgan fingerprint density at radius 1 is 1.28 bits per heavy atom. The number of nitrogens with one attached hydrogen (secondary N) is 2. The van der Waals surface area contributed by atoms with Crippen molar-refractivity contribution in [2.45, 2.75) is 19.3 Å². The van der Waals surface area contributed by atoms with Crippen molar-refractivity contribution < 1.29 is 14.3 Å². The summed E-state index contributed by atoms with van der Waals surface area (Å²) in [6.07, 6.45) is 2.95. The smallest absolute Gasteiger partial charge is 0.341 e. The lowest BCUT2D eigenvalue weighted by Gasteiger charge is -2.12. The van der Waals surface area contributed by atoms with Gasteiger partial charge in [-0.15, -0.1) is 11.3 Å². The Balaban J connectivity index is 1.77. The Kier molecular flexibility index (Phi) is 5.46. The molecule has 0 saturated heterocycles. The number of benzene rings is 1. The molecule has 132 valence electrons. The van der Waals surface area contributed by atoms with E-state index >= 15 is 0 Å². The Labute approximate surface area is 160 Å². The van der Waals surface area contributed by atoms with Crippen LogP contribution in [0.3, 0.4) is 0 Å². The van der Waals surface area contributed by atoms with Gasteiger partial charge in [0.25, 0.3) is 0 Å². The average Bonchev–Trinajstić information content (AvgIpc) is 3.14. The third-order valence-electron chi connectivity index (χ3n) is 3.95. The normalized spacial score (nSPS) is 12.4. The minimum absolute atomic E-state index is 0.336. The minimum Gasteiger partial charge on any atom is -0.495 e. The predicted octanol–water partition coefficient (Wildman–Crippen LogP) is 4.49. The minimum atomic E-state index is -0.336. The number of halogens is 1. The first-order valence-electron chi connectivity index (χ1n) is 7.68. The average molecular weight is 397 g/mol. The van der Waals surface area contributed by atoms with Crippen LogP contribution < -0.4 is 15.4 Å². The molecule has 1 aromatic carbocycles. The van der Waals surface area contributed by atoms with Crippen molar-refractivity contribution in [1.82, 2.24) is 0 Å². The number of ether oxygens (including phenoxy) is 2. The van der Waals surface area contributed by atoms with Crippen LogP contribution in [0.5, 0.6) is 5.75 Å². The predicted molar refractivity (Wildman–Crippen MR) is 106 cm³/mol. The largest absolute Gasteiger partial charge is 0.495 e. The fourth-order valence-electron chi connectivity index (χ4n) is 2.82. The van der Waals surface area contributed by atoms with Crippen LogP contribution in [0.4, 0.5) is 10.7 Å². The molecular formula is C17H17ClN2O3S2. The molecule has 1 aromatic heterocycles. The van der Waals surface area contributed by atoms with Crippen molar-refractivity contribution in [2.75, 3.05) is 24.9 Å². The Hall–Kier alpha value is -1.83. The molecule has 0 spiro atoms. The lowest BCUT2D eigenvalue weighted by Crippen LogP contribution is -2.20. The number of esters is 1. The van der Waals surface area contributed by atoms with Crippen LogP contribution in [-0.2, 0) is 17.6 Å². The molecule has 1 aliphatic rings. The number of methoxy groups -OCH3 is 2. The third kappa shape index (κ3) is 3.73. The van der Waals surface area contributed by atoms with E-state index in [0.29, 0.717) is 26.4 Å². The van der Waals surface area contributed by atoms with Crippen LogP contribution in [0.1, 0.15) is 27.2 Å². The fourth-order valence-corrected chi connectivity index (χ4v) is 4.64. The number of hydrogen-bond acceptors (Lipinski definition) is 5. The van der Waals surface area contributed by atoms with Gasteiger partial charge in [-0.2, -0.15) is 0 Å². The Morgan fingerprint density at radius 3 is 2.76 bits per heavy atom. The molecule has 8 heteroatoms. The van der Waals surface area contributed by atoms with Crippen LogP contribution in [0.2, 0.25) is 5.02 Å². The number of thiocarbonyl (C=S) groups is 1. The first-order valence-corrected chi connectivity index (χ1v) is 9.28. The SMILES string of the molecule is COC(=O)c1c(NC(=S)Nc2ccc(OC)c(Cl)c2)sc2c1CCC2. The number of carbonyl (C=O) groups is 1. The van der Waals surface area contributed by atoms with E-state index in [-0.39, 0.29) is 5.97 Å². The van der Waals surface area contributed by atoms with E-state index < -0.39 is 0 Å². The molecule has 0 bridgehead atoms. The van der Waals surface area contributed by atoms with Crippen molar-refractivity contribution in [3.05, 3.63) is 39.2 Å². The number of rotatable bonds is 4. The van der Waals surface area contributed by atoms with Crippen LogP contribution in [0.25, 0.3) is 0 Å². The number of fused-ring (bicyclic) bond motifs is 1. The maximum atomic E-state index is 12.2. The number of thiophene rings is 1. The summed E-state index contributed by atoms with van der Waals surface area (Å²) in [6, 6.07) is 5.30. The van der Waals surface area contributed by atoms with Crippen molar-refractivity contribution in [3.8, 4) is 5.75 Å². The monoisotopic (exact) mass is 396 g/mol. The molecule has 2 aromatic rings. The molecule has 0 saturated carbocycles. The number of aryl methyl sites for hydroxylation is 1. The molecule has 0 radical (unpaired) electrons. The molecule has 1 aliphatic carbocycles. The number of carbonyl (C=O) groups excluding carboxylic acids is 1. The zero-order chi connectivity index (χ0) is 18.0. The Morgan fingerprint density at radius 2 is 2.08 bits per heavy atom. The summed E-state index contributed by atoms with van der Waals surface area (Å²) >= 11 is 13.0. The molecule has 0 unspecified atom stereocenters. The van der Waals surface area contributed by atoms with Crippen LogP contribution >= 0.6 is 35.2 Å². The van der Waals surface area contributed by atoms with Crippen LogP contribution in [0.15, 0.2) is 18.2 Å². The van der Waals surface area contributed by atoms with Gasteiger partial charge in [-0.3, -0.25) is 0 Å². The Bertz CT molecular complexity index is 836. The highest BCUT2D eigenvalue weighted by molar-refractivity contribution is 7.80. The van der Waals surface area contributed by atoms with Gasteiger partial charge in [-0.1, -0.05) is 11.6 Å². The summed E-state index contributed by atoms with van der Waals surface area (Å²) in [5, 5.41) is 7.77. The summed E-state index contributed by atoms with van der Waals surface area (Å²) in [5.74, 6) is 0.256. The highest BCUT2D eigenvalue weighted by atomic mass is 35.5. The van der Waals surface area contributed by atoms with E-state index in [9.17, 15) is 4.79 Å². The number of hydrogen-bond donors (Lipinski definition) is 2. The zero-order valence-electron chi connectivity index (χ0n) is 13.8. The first-order chi connectivity index (χ1) is 12.0. The molecule has 5 nitrogen and oxygen atoms in total. The zero-order valence-corrected chi connectivity index (χ0v) is 16.2. The second-order valence-corrected chi connectivity index (χ2v) is 7.40. The van der Waals surface area contributed by atoms with Gasteiger partial charge in [0.1, 0.15) is 10.8 Å². The van der Waals surface area contributed by atoms with Crippen molar-refractivity contribution >= 4 is 56.9 Å². The molecule has 0 atom stereocenters. The molecule has 0 amide bonds. The van der Waals surface area contributed by atoms with E-state index in [2.05, 4.69) is 10.6 Å². The van der Waals surface area contributed by atoms with E-state index in [1.807, 2.05) is 6.07 Å². The van der Waals surface area contributed by atoms with Gasteiger partial charge >= 0.3 is 5.97 Å². The van der Waals surface area contributed by atoms with Gasteiger partial charge in [0, 0.05) is 10.6 Å². The van der Waals surface area contributed by atoms with Gasteiger partial charge in [0.15, 0.2) is 5.11 Å². The summed E-state index contributed by atoms with van der Waals surface area (Å²) in [5.41, 5.74) is 2.40. The van der Waals surface area contributed by atoms with E-state index in [4.69, 9.17) is 33.3 Å². The van der Waals surface area contributed by atoms with Crippen molar-refractivity contribution in [2.24, 2.45) is 0 Å². The molecular weight excluding hydrogens is 380 g/mol. The van der Waals surface area contributed by atoms with Gasteiger partial charge in [0.05, 0.1) is 24.8 Å². The third-order valence-corrected chi connectivity index (χ3v) is 5.65. The van der Waals surface area contributed by atoms with Crippen LogP contribution in [-0.4, -0.2) is 25.3 Å². The quantitative estimate of drug-likeness (QED) is 0.586. The summed E-state index contributed by atoms with van der Waals surface area (Å²) < 4.78 is 10.1.